The van der Waals surface area contributed by atoms with Crippen molar-refractivity contribution in [3.05, 3.63) is 59.4 Å². The third-order valence-corrected chi connectivity index (χ3v) is 4.00. The molecule has 3 aromatic rings. The molecule has 0 unspecified atom stereocenters. The summed E-state index contributed by atoms with van der Waals surface area (Å²) in [5.41, 5.74) is 4.20. The number of aromatic nitrogens is 2. The van der Waals surface area contributed by atoms with Gasteiger partial charge >= 0.3 is 0 Å². The number of ether oxygens (including phenoxy) is 2. The number of hydrogen-bond acceptors (Lipinski definition) is 6. The Hall–Kier alpha value is -3.28. The molecule has 0 aliphatic rings. The lowest BCUT2D eigenvalue weighted by Crippen LogP contribution is -2.03. The molecule has 0 atom stereocenters. The second kappa shape index (κ2) is 7.95. The van der Waals surface area contributed by atoms with Crippen molar-refractivity contribution in [2.75, 3.05) is 24.9 Å². The Bertz CT molecular complexity index is 937. The van der Waals surface area contributed by atoms with Crippen LogP contribution in [-0.2, 0) is 0 Å². The Morgan fingerprint density at radius 3 is 2.04 bits per heavy atom. The first-order valence-electron chi connectivity index (χ1n) is 8.67. The quantitative estimate of drug-likeness (QED) is 0.648. The fourth-order valence-corrected chi connectivity index (χ4v) is 2.93. The number of methoxy groups -OCH3 is 2. The zero-order valence-corrected chi connectivity index (χ0v) is 16.3. The molecule has 0 fully saturated rings. The molecule has 1 heterocycles. The topological polar surface area (TPSA) is 68.3 Å². The Morgan fingerprint density at radius 2 is 1.41 bits per heavy atom. The van der Waals surface area contributed by atoms with E-state index in [-0.39, 0.29) is 0 Å². The minimum absolute atomic E-state index is 0.666. The van der Waals surface area contributed by atoms with Gasteiger partial charge < -0.3 is 20.1 Å². The highest BCUT2D eigenvalue weighted by Crippen LogP contribution is 2.31. The van der Waals surface area contributed by atoms with Gasteiger partial charge in [-0.05, 0) is 56.2 Å². The number of nitrogens with one attached hydrogen (secondary N) is 2. The van der Waals surface area contributed by atoms with E-state index in [0.717, 1.165) is 22.9 Å². The lowest BCUT2D eigenvalue weighted by Gasteiger charge is -2.14. The van der Waals surface area contributed by atoms with Gasteiger partial charge in [0.1, 0.15) is 29.0 Å². The number of benzene rings is 2. The van der Waals surface area contributed by atoms with E-state index in [2.05, 4.69) is 52.6 Å². The summed E-state index contributed by atoms with van der Waals surface area (Å²) in [5.74, 6) is 3.47. The van der Waals surface area contributed by atoms with Crippen molar-refractivity contribution in [2.45, 2.75) is 20.8 Å². The summed E-state index contributed by atoms with van der Waals surface area (Å²) in [7, 11) is 3.25. The molecule has 2 aromatic carbocycles. The van der Waals surface area contributed by atoms with Crippen LogP contribution >= 0.6 is 0 Å². The maximum Gasteiger partial charge on any atom is 0.146 e. The van der Waals surface area contributed by atoms with E-state index >= 15 is 0 Å². The molecular weight excluding hydrogens is 340 g/mol. The second-order valence-corrected chi connectivity index (χ2v) is 6.38. The maximum absolute atomic E-state index is 5.44. The van der Waals surface area contributed by atoms with Gasteiger partial charge in [0, 0.05) is 17.8 Å². The van der Waals surface area contributed by atoms with Gasteiger partial charge in [-0.2, -0.15) is 0 Å². The summed E-state index contributed by atoms with van der Waals surface area (Å²) in [6, 6.07) is 13.8. The van der Waals surface area contributed by atoms with Gasteiger partial charge in [0.15, 0.2) is 0 Å². The highest BCUT2D eigenvalue weighted by Gasteiger charge is 2.08. The van der Waals surface area contributed by atoms with Gasteiger partial charge in [0.25, 0.3) is 0 Å². The van der Waals surface area contributed by atoms with E-state index < -0.39 is 0 Å². The normalized spacial score (nSPS) is 10.4. The standard InChI is InChI=1S/C21H24N4O2/c1-13-8-14(2)10-16(9-13)24-20-12-21(23-15(3)22-20)25-18-7-6-17(26-4)11-19(18)27-5/h6-12H,1-5H3,(H2,22,23,24,25). The van der Waals surface area contributed by atoms with Crippen molar-refractivity contribution in [1.82, 2.24) is 9.97 Å². The van der Waals surface area contributed by atoms with Gasteiger partial charge in [-0.25, -0.2) is 9.97 Å². The van der Waals surface area contributed by atoms with Crippen LogP contribution < -0.4 is 20.1 Å². The number of hydrogen-bond donors (Lipinski definition) is 2. The summed E-state index contributed by atoms with van der Waals surface area (Å²) in [4.78, 5) is 8.96. The first kappa shape index (κ1) is 18.5. The molecule has 140 valence electrons. The predicted octanol–water partition coefficient (Wildman–Crippen LogP) is 4.91. The van der Waals surface area contributed by atoms with E-state index in [1.165, 1.54) is 11.1 Å². The molecule has 27 heavy (non-hydrogen) atoms. The van der Waals surface area contributed by atoms with Crippen LogP contribution in [0.5, 0.6) is 11.5 Å². The third kappa shape index (κ3) is 4.67. The Balaban J connectivity index is 1.87. The van der Waals surface area contributed by atoms with Crippen molar-refractivity contribution in [3.8, 4) is 11.5 Å². The average molecular weight is 364 g/mol. The zero-order chi connectivity index (χ0) is 19.4. The van der Waals surface area contributed by atoms with Crippen LogP contribution in [0.1, 0.15) is 17.0 Å². The third-order valence-electron chi connectivity index (χ3n) is 4.00. The highest BCUT2D eigenvalue weighted by molar-refractivity contribution is 5.68. The highest BCUT2D eigenvalue weighted by atomic mass is 16.5. The SMILES string of the molecule is COc1ccc(Nc2cc(Nc3cc(C)cc(C)c3)nc(C)n2)c(OC)c1. The molecular formula is C21H24N4O2. The number of rotatable bonds is 6. The Morgan fingerprint density at radius 1 is 0.741 bits per heavy atom. The van der Waals surface area contributed by atoms with E-state index in [4.69, 9.17) is 9.47 Å². The minimum Gasteiger partial charge on any atom is -0.497 e. The van der Waals surface area contributed by atoms with Gasteiger partial charge in [-0.3, -0.25) is 0 Å². The van der Waals surface area contributed by atoms with Crippen LogP contribution in [-0.4, -0.2) is 24.2 Å². The largest absolute Gasteiger partial charge is 0.497 e. The van der Waals surface area contributed by atoms with Crippen LogP contribution in [0.3, 0.4) is 0 Å². The number of anilines is 4. The lowest BCUT2D eigenvalue weighted by atomic mass is 10.1. The van der Waals surface area contributed by atoms with E-state index in [1.54, 1.807) is 14.2 Å². The van der Waals surface area contributed by atoms with Gasteiger partial charge in [0.2, 0.25) is 0 Å². The van der Waals surface area contributed by atoms with Crippen molar-refractivity contribution in [3.63, 3.8) is 0 Å². The number of aryl methyl sites for hydroxylation is 3. The van der Waals surface area contributed by atoms with Gasteiger partial charge in [0.05, 0.1) is 19.9 Å². The van der Waals surface area contributed by atoms with Crippen LogP contribution in [0.2, 0.25) is 0 Å². The molecule has 0 saturated heterocycles. The monoisotopic (exact) mass is 364 g/mol. The van der Waals surface area contributed by atoms with Crippen molar-refractivity contribution in [1.29, 1.82) is 0 Å². The summed E-state index contributed by atoms with van der Waals surface area (Å²) in [6.07, 6.45) is 0. The number of nitrogens with zero attached hydrogens (tertiary/aromatic N) is 2. The summed E-state index contributed by atoms with van der Waals surface area (Å²) >= 11 is 0. The first-order valence-corrected chi connectivity index (χ1v) is 8.67. The predicted molar refractivity (Wildman–Crippen MR) is 109 cm³/mol. The van der Waals surface area contributed by atoms with Crippen LogP contribution in [0.4, 0.5) is 23.0 Å². The van der Waals surface area contributed by atoms with E-state index in [9.17, 15) is 0 Å². The van der Waals surface area contributed by atoms with Crippen LogP contribution in [0, 0.1) is 20.8 Å². The zero-order valence-electron chi connectivity index (χ0n) is 16.3. The molecule has 6 heteroatoms. The lowest BCUT2D eigenvalue weighted by molar-refractivity contribution is 0.395. The fraction of sp³-hybridized carbons (Fsp3) is 0.238. The molecule has 0 radical (unpaired) electrons. The molecule has 0 amide bonds. The molecule has 0 saturated carbocycles. The van der Waals surface area contributed by atoms with Gasteiger partial charge in [-0.1, -0.05) is 6.07 Å². The molecule has 6 nitrogen and oxygen atoms in total. The summed E-state index contributed by atoms with van der Waals surface area (Å²) in [6.45, 7) is 6.02. The van der Waals surface area contributed by atoms with E-state index in [0.29, 0.717) is 17.4 Å². The Kier molecular flexibility index (Phi) is 5.45. The molecule has 0 bridgehead atoms. The molecule has 0 spiro atoms. The Labute approximate surface area is 159 Å². The molecule has 2 N–H and O–H groups in total. The van der Waals surface area contributed by atoms with Crippen LogP contribution in [0.15, 0.2) is 42.5 Å². The smallest absolute Gasteiger partial charge is 0.146 e. The molecule has 0 aliphatic carbocycles. The summed E-state index contributed by atoms with van der Waals surface area (Å²) < 4.78 is 10.7. The van der Waals surface area contributed by atoms with Crippen LogP contribution in [0.25, 0.3) is 0 Å². The molecule has 1 aromatic heterocycles. The summed E-state index contributed by atoms with van der Waals surface area (Å²) in [5, 5.41) is 6.65. The molecule has 0 aliphatic heterocycles. The minimum atomic E-state index is 0.666. The second-order valence-electron chi connectivity index (χ2n) is 6.38. The van der Waals surface area contributed by atoms with Gasteiger partial charge in [-0.15, -0.1) is 0 Å². The average Bonchev–Trinajstić information content (AvgIpc) is 2.60. The van der Waals surface area contributed by atoms with Crippen molar-refractivity contribution >= 4 is 23.0 Å². The first-order chi connectivity index (χ1) is 13.0. The van der Waals surface area contributed by atoms with Crippen molar-refractivity contribution < 1.29 is 9.47 Å². The van der Waals surface area contributed by atoms with Crippen molar-refractivity contribution in [2.24, 2.45) is 0 Å². The fourth-order valence-electron chi connectivity index (χ4n) is 2.93. The van der Waals surface area contributed by atoms with E-state index in [1.807, 2.05) is 31.2 Å². The maximum atomic E-state index is 5.44. The molecule has 3 rings (SSSR count).